The molecule has 0 bridgehead atoms. The Morgan fingerprint density at radius 3 is 0.767 bits per heavy atom. The maximum absolute atomic E-state index is 2.48. The molecule has 0 aromatic heterocycles. The van der Waals surface area contributed by atoms with Crippen molar-refractivity contribution < 1.29 is 0 Å². The van der Waals surface area contributed by atoms with Crippen molar-refractivity contribution in [3.8, 4) is 0 Å². The van der Waals surface area contributed by atoms with Gasteiger partial charge in [0.15, 0.2) is 0 Å². The minimum Gasteiger partial charge on any atom is -0.0651 e. The number of rotatable bonds is 4. The van der Waals surface area contributed by atoms with Gasteiger partial charge in [-0.05, 0) is 90.8 Å². The maximum Gasteiger partial charge on any atom is -0.0386 e. The standard InChI is InChI=1S/C16H32.C14H28/c1-7-15-9-11(3)13(5)14(6)12(4)10-16(15)8-2;1-6-13-8-10(3)12(5)11(4)9-14(13)7-2/h11-16H,7-10H2,1-6H3;10-14H,6-9H2,1-5H3/t11?,12?,13?,14?,15-,16+;10?,11?,12?,13-,14+. The van der Waals surface area contributed by atoms with E-state index >= 15 is 0 Å². The van der Waals surface area contributed by atoms with Crippen LogP contribution >= 0.6 is 0 Å². The van der Waals surface area contributed by atoms with E-state index in [9.17, 15) is 0 Å². The average molecular weight is 421 g/mol. The first-order chi connectivity index (χ1) is 14.1. The van der Waals surface area contributed by atoms with Gasteiger partial charge in [-0.25, -0.2) is 0 Å². The SMILES string of the molecule is CC[C@@H]1CC(C)C(C)C(C)C(C)C[C@@H]1CC.CC[C@@H]1CC(C)C(C)C(C)C[C@@H]1CC. The zero-order chi connectivity index (χ0) is 23.0. The molecule has 0 aromatic rings. The Morgan fingerprint density at radius 2 is 0.567 bits per heavy atom. The number of hydrogen-bond donors (Lipinski definition) is 0. The summed E-state index contributed by atoms with van der Waals surface area (Å²) in [6, 6.07) is 0. The van der Waals surface area contributed by atoms with E-state index in [0.29, 0.717) is 0 Å². The van der Waals surface area contributed by atoms with Crippen LogP contribution in [0.5, 0.6) is 0 Å². The molecular formula is C30H60. The largest absolute Gasteiger partial charge is 0.0651 e. The van der Waals surface area contributed by atoms with Gasteiger partial charge in [0.05, 0.1) is 0 Å². The predicted molar refractivity (Wildman–Crippen MR) is 138 cm³/mol. The third kappa shape index (κ3) is 7.55. The van der Waals surface area contributed by atoms with E-state index in [2.05, 4.69) is 76.2 Å². The van der Waals surface area contributed by atoms with Crippen molar-refractivity contribution >= 4 is 0 Å². The minimum absolute atomic E-state index is 0.904. The van der Waals surface area contributed by atoms with Crippen LogP contribution in [0.3, 0.4) is 0 Å². The van der Waals surface area contributed by atoms with Crippen LogP contribution in [-0.4, -0.2) is 0 Å². The van der Waals surface area contributed by atoms with Crippen LogP contribution in [-0.2, 0) is 0 Å². The lowest BCUT2D eigenvalue weighted by atomic mass is 9.66. The van der Waals surface area contributed by atoms with Crippen molar-refractivity contribution in [1.82, 2.24) is 0 Å². The fourth-order valence-electron chi connectivity index (χ4n) is 7.14. The van der Waals surface area contributed by atoms with Gasteiger partial charge in [-0.2, -0.15) is 0 Å². The van der Waals surface area contributed by atoms with E-state index in [1.54, 1.807) is 0 Å². The van der Waals surface area contributed by atoms with Gasteiger partial charge in [-0.15, -0.1) is 0 Å². The summed E-state index contributed by atoms with van der Waals surface area (Å²) in [7, 11) is 0. The fourth-order valence-corrected chi connectivity index (χ4v) is 7.14. The zero-order valence-corrected chi connectivity index (χ0v) is 23.0. The smallest absolute Gasteiger partial charge is 0.0386 e. The first-order valence-corrected chi connectivity index (χ1v) is 14.1. The molecule has 2 saturated carbocycles. The summed E-state index contributed by atoms with van der Waals surface area (Å²) in [5.41, 5.74) is 0. The molecule has 0 N–H and O–H groups in total. The average Bonchev–Trinajstić information content (AvgIpc) is 2.85. The lowest BCUT2D eigenvalue weighted by Gasteiger charge is -2.40. The van der Waals surface area contributed by atoms with Gasteiger partial charge in [-0.1, -0.05) is 102 Å². The summed E-state index contributed by atoms with van der Waals surface area (Å²) in [6.45, 7) is 26.8. The Morgan fingerprint density at radius 1 is 0.367 bits per heavy atom. The topological polar surface area (TPSA) is 0 Å². The van der Waals surface area contributed by atoms with E-state index in [-0.39, 0.29) is 0 Å². The molecule has 180 valence electrons. The molecule has 0 aromatic carbocycles. The van der Waals surface area contributed by atoms with E-state index in [1.807, 2.05) is 0 Å². The molecule has 0 spiro atoms. The molecule has 0 heterocycles. The second-order valence-corrected chi connectivity index (χ2v) is 12.1. The fraction of sp³-hybridized carbons (Fsp3) is 1.00. The van der Waals surface area contributed by atoms with Gasteiger partial charge in [-0.3, -0.25) is 0 Å². The molecule has 2 aliphatic carbocycles. The second kappa shape index (κ2) is 13.5. The van der Waals surface area contributed by atoms with E-state index in [4.69, 9.17) is 0 Å². The molecule has 0 radical (unpaired) electrons. The third-order valence-corrected chi connectivity index (χ3v) is 10.5. The van der Waals surface area contributed by atoms with E-state index in [1.165, 1.54) is 51.4 Å². The Bertz CT molecular complexity index is 399. The summed E-state index contributed by atoms with van der Waals surface area (Å²) >= 11 is 0. The van der Waals surface area contributed by atoms with Crippen LogP contribution in [0.4, 0.5) is 0 Å². The van der Waals surface area contributed by atoms with Crippen LogP contribution in [0, 0.1) is 65.1 Å². The molecule has 7 unspecified atom stereocenters. The highest BCUT2D eigenvalue weighted by atomic mass is 14.4. The van der Waals surface area contributed by atoms with Crippen LogP contribution in [0.1, 0.15) is 128 Å². The van der Waals surface area contributed by atoms with Gasteiger partial charge in [0.25, 0.3) is 0 Å². The molecule has 0 amide bonds. The Labute approximate surface area is 192 Å². The van der Waals surface area contributed by atoms with Gasteiger partial charge in [0, 0.05) is 0 Å². The predicted octanol–water partition coefficient (Wildman–Crippen LogP) is 10.1. The lowest BCUT2D eigenvalue weighted by Crippen LogP contribution is -2.31. The molecule has 2 fully saturated rings. The van der Waals surface area contributed by atoms with Gasteiger partial charge < -0.3 is 0 Å². The van der Waals surface area contributed by atoms with Crippen molar-refractivity contribution in [2.24, 2.45) is 65.1 Å². The van der Waals surface area contributed by atoms with Crippen LogP contribution in [0.2, 0.25) is 0 Å². The molecule has 11 atom stereocenters. The molecule has 0 heteroatoms. The van der Waals surface area contributed by atoms with Crippen LogP contribution in [0.15, 0.2) is 0 Å². The normalized spacial score (nSPS) is 45.5. The van der Waals surface area contributed by atoms with Crippen molar-refractivity contribution in [2.45, 2.75) is 128 Å². The van der Waals surface area contributed by atoms with Crippen LogP contribution < -0.4 is 0 Å². The van der Waals surface area contributed by atoms with Gasteiger partial charge in [0.2, 0.25) is 0 Å². The summed E-state index contributed by atoms with van der Waals surface area (Å²) in [5.74, 6) is 10.4. The summed E-state index contributed by atoms with van der Waals surface area (Å²) in [6.07, 6.45) is 11.4. The zero-order valence-electron chi connectivity index (χ0n) is 23.0. The molecule has 0 saturated heterocycles. The van der Waals surface area contributed by atoms with E-state index in [0.717, 1.165) is 65.1 Å². The van der Waals surface area contributed by atoms with Gasteiger partial charge in [0.1, 0.15) is 0 Å². The van der Waals surface area contributed by atoms with Crippen molar-refractivity contribution in [2.75, 3.05) is 0 Å². The summed E-state index contributed by atoms with van der Waals surface area (Å²) in [5, 5.41) is 0. The Hall–Kier alpha value is 0. The van der Waals surface area contributed by atoms with Gasteiger partial charge >= 0.3 is 0 Å². The highest BCUT2D eigenvalue weighted by molar-refractivity contribution is 4.83. The van der Waals surface area contributed by atoms with Crippen LogP contribution in [0.25, 0.3) is 0 Å². The Kier molecular flexibility index (Phi) is 12.6. The monoisotopic (exact) mass is 420 g/mol. The second-order valence-electron chi connectivity index (χ2n) is 12.1. The minimum atomic E-state index is 0.904. The molecular weight excluding hydrogens is 360 g/mol. The quantitative estimate of drug-likeness (QED) is 0.397. The Balaban J connectivity index is 0.000000303. The lowest BCUT2D eigenvalue weighted by molar-refractivity contribution is 0.0994. The molecule has 2 aliphatic rings. The molecule has 30 heavy (non-hydrogen) atoms. The first-order valence-electron chi connectivity index (χ1n) is 14.1. The maximum atomic E-state index is 2.48. The number of hydrogen-bond acceptors (Lipinski definition) is 0. The van der Waals surface area contributed by atoms with Crippen molar-refractivity contribution in [1.29, 1.82) is 0 Å². The third-order valence-electron chi connectivity index (χ3n) is 10.5. The molecule has 0 aliphatic heterocycles. The summed E-state index contributed by atoms with van der Waals surface area (Å²) < 4.78 is 0. The molecule has 0 nitrogen and oxygen atoms in total. The highest BCUT2D eigenvalue weighted by Crippen LogP contribution is 2.42. The highest BCUT2D eigenvalue weighted by Gasteiger charge is 2.33. The van der Waals surface area contributed by atoms with E-state index < -0.39 is 0 Å². The van der Waals surface area contributed by atoms with Crippen molar-refractivity contribution in [3.63, 3.8) is 0 Å². The first kappa shape index (κ1) is 28.0. The van der Waals surface area contributed by atoms with Crippen molar-refractivity contribution in [3.05, 3.63) is 0 Å². The molecule has 2 rings (SSSR count). The summed E-state index contributed by atoms with van der Waals surface area (Å²) in [4.78, 5) is 0.